The Morgan fingerprint density at radius 3 is 2.83 bits per heavy atom. The Balaban J connectivity index is 2.69. The van der Waals surface area contributed by atoms with Crippen LogP contribution in [-0.2, 0) is 4.79 Å². The van der Waals surface area contributed by atoms with Gasteiger partial charge in [0, 0.05) is 0 Å². The monoisotopic (exact) mass is 168 g/mol. The van der Waals surface area contributed by atoms with Gasteiger partial charge >= 0.3 is 5.97 Å². The highest BCUT2D eigenvalue weighted by atomic mass is 16.4. The number of nitrogens with one attached hydrogen (secondary N) is 2. The SMILES string of the molecule is CNC1(CC(=O)O)C=CC=CN1. The lowest BCUT2D eigenvalue weighted by Crippen LogP contribution is -2.53. The van der Waals surface area contributed by atoms with Gasteiger partial charge in [-0.3, -0.25) is 10.1 Å². The molecule has 66 valence electrons. The molecule has 0 amide bonds. The summed E-state index contributed by atoms with van der Waals surface area (Å²) in [6, 6.07) is 0. The molecule has 0 saturated heterocycles. The molecule has 0 aromatic rings. The molecule has 0 radical (unpaired) electrons. The first kappa shape index (κ1) is 8.80. The van der Waals surface area contributed by atoms with Crippen molar-refractivity contribution in [3.8, 4) is 0 Å². The Kier molecular flexibility index (Phi) is 2.50. The number of dihydropyridines is 1. The molecule has 1 aliphatic heterocycles. The Bertz CT molecular complexity index is 235. The maximum atomic E-state index is 10.5. The third-order valence-corrected chi connectivity index (χ3v) is 1.81. The van der Waals surface area contributed by atoms with Crippen molar-refractivity contribution in [3.05, 3.63) is 24.4 Å². The number of carboxylic acid groups (broad SMARTS) is 1. The fraction of sp³-hybridized carbons (Fsp3) is 0.375. The van der Waals surface area contributed by atoms with Gasteiger partial charge in [-0.1, -0.05) is 6.08 Å². The quantitative estimate of drug-likeness (QED) is 0.557. The molecule has 0 spiro atoms. The fourth-order valence-electron chi connectivity index (χ4n) is 1.11. The van der Waals surface area contributed by atoms with E-state index in [1.165, 1.54) is 0 Å². The summed E-state index contributed by atoms with van der Waals surface area (Å²) in [5.74, 6) is -0.836. The van der Waals surface area contributed by atoms with Crippen molar-refractivity contribution in [1.29, 1.82) is 0 Å². The first-order valence-corrected chi connectivity index (χ1v) is 3.71. The zero-order valence-corrected chi connectivity index (χ0v) is 6.87. The normalized spacial score (nSPS) is 26.8. The van der Waals surface area contributed by atoms with E-state index in [0.717, 1.165) is 0 Å². The van der Waals surface area contributed by atoms with Crippen molar-refractivity contribution < 1.29 is 9.90 Å². The summed E-state index contributed by atoms with van der Waals surface area (Å²) in [4.78, 5) is 10.5. The van der Waals surface area contributed by atoms with E-state index in [-0.39, 0.29) is 6.42 Å². The minimum Gasteiger partial charge on any atom is -0.481 e. The zero-order chi connectivity index (χ0) is 9.03. The van der Waals surface area contributed by atoms with Crippen LogP contribution in [0.1, 0.15) is 6.42 Å². The summed E-state index contributed by atoms with van der Waals surface area (Å²) < 4.78 is 0. The second-order valence-electron chi connectivity index (χ2n) is 2.65. The Morgan fingerprint density at radius 2 is 2.42 bits per heavy atom. The van der Waals surface area contributed by atoms with Crippen LogP contribution in [0.3, 0.4) is 0 Å². The Morgan fingerprint density at radius 1 is 1.67 bits per heavy atom. The molecule has 1 unspecified atom stereocenters. The first-order valence-electron chi connectivity index (χ1n) is 3.71. The van der Waals surface area contributed by atoms with Gasteiger partial charge in [0.1, 0.15) is 5.66 Å². The summed E-state index contributed by atoms with van der Waals surface area (Å²) in [5, 5.41) is 14.5. The van der Waals surface area contributed by atoms with Crippen molar-refractivity contribution >= 4 is 5.97 Å². The lowest BCUT2D eigenvalue weighted by Gasteiger charge is -2.30. The molecule has 12 heavy (non-hydrogen) atoms. The third-order valence-electron chi connectivity index (χ3n) is 1.81. The van der Waals surface area contributed by atoms with E-state index in [2.05, 4.69) is 10.6 Å². The van der Waals surface area contributed by atoms with Crippen molar-refractivity contribution in [1.82, 2.24) is 10.6 Å². The highest BCUT2D eigenvalue weighted by Gasteiger charge is 2.27. The summed E-state index contributed by atoms with van der Waals surface area (Å²) >= 11 is 0. The predicted molar refractivity (Wildman–Crippen MR) is 45.5 cm³/mol. The van der Waals surface area contributed by atoms with E-state index in [1.54, 1.807) is 19.3 Å². The van der Waals surface area contributed by atoms with Crippen LogP contribution in [-0.4, -0.2) is 23.8 Å². The van der Waals surface area contributed by atoms with Crippen LogP contribution in [0.5, 0.6) is 0 Å². The summed E-state index contributed by atoms with van der Waals surface area (Å²) in [5.41, 5.74) is -0.624. The minimum absolute atomic E-state index is 0.0182. The van der Waals surface area contributed by atoms with Crippen LogP contribution in [0.25, 0.3) is 0 Å². The van der Waals surface area contributed by atoms with Gasteiger partial charge in [0.2, 0.25) is 0 Å². The van der Waals surface area contributed by atoms with Crippen LogP contribution < -0.4 is 10.6 Å². The topological polar surface area (TPSA) is 61.4 Å². The van der Waals surface area contributed by atoms with Crippen LogP contribution >= 0.6 is 0 Å². The van der Waals surface area contributed by atoms with E-state index in [4.69, 9.17) is 5.11 Å². The van der Waals surface area contributed by atoms with Gasteiger partial charge in [-0.15, -0.1) is 0 Å². The van der Waals surface area contributed by atoms with E-state index < -0.39 is 11.6 Å². The average Bonchev–Trinajstić information content (AvgIpc) is 2.05. The maximum absolute atomic E-state index is 10.5. The second kappa shape index (κ2) is 3.40. The molecule has 0 fully saturated rings. The molecule has 0 aromatic heterocycles. The summed E-state index contributed by atoms with van der Waals surface area (Å²) in [7, 11) is 1.72. The zero-order valence-electron chi connectivity index (χ0n) is 6.87. The minimum atomic E-state index is -0.836. The number of carbonyl (C=O) groups is 1. The van der Waals surface area contributed by atoms with Crippen molar-refractivity contribution in [2.45, 2.75) is 12.1 Å². The van der Waals surface area contributed by atoms with Crippen LogP contribution in [0.2, 0.25) is 0 Å². The van der Waals surface area contributed by atoms with E-state index in [1.807, 2.05) is 12.2 Å². The smallest absolute Gasteiger partial charge is 0.307 e. The van der Waals surface area contributed by atoms with Gasteiger partial charge in [0.15, 0.2) is 0 Å². The number of hydrogen-bond acceptors (Lipinski definition) is 3. The number of hydrogen-bond donors (Lipinski definition) is 3. The molecule has 1 aliphatic rings. The predicted octanol–water partition coefficient (Wildman–Crippen LogP) is 0.0499. The van der Waals surface area contributed by atoms with Gasteiger partial charge in [-0.2, -0.15) is 0 Å². The molecule has 1 heterocycles. The standard InChI is InChI=1S/C8H12N2O2/c1-9-8(6-7(11)12)4-2-3-5-10-8/h2-5,9-10H,6H2,1H3,(H,11,12). The molecular formula is C8H12N2O2. The Hall–Kier alpha value is -1.29. The third kappa shape index (κ3) is 1.85. The van der Waals surface area contributed by atoms with E-state index in [0.29, 0.717) is 0 Å². The van der Waals surface area contributed by atoms with E-state index >= 15 is 0 Å². The molecule has 1 rings (SSSR count). The number of likely N-dealkylation sites (N-methyl/N-ethyl adjacent to an activating group) is 1. The number of allylic oxidation sites excluding steroid dienone is 2. The highest BCUT2D eigenvalue weighted by molar-refractivity contribution is 5.69. The largest absolute Gasteiger partial charge is 0.481 e. The molecule has 4 heteroatoms. The van der Waals surface area contributed by atoms with Gasteiger partial charge in [0.25, 0.3) is 0 Å². The average molecular weight is 168 g/mol. The molecule has 0 aliphatic carbocycles. The van der Waals surface area contributed by atoms with E-state index in [9.17, 15) is 4.79 Å². The molecule has 4 nitrogen and oxygen atoms in total. The number of carboxylic acids is 1. The van der Waals surface area contributed by atoms with Crippen LogP contribution in [0.15, 0.2) is 24.4 Å². The number of rotatable bonds is 3. The van der Waals surface area contributed by atoms with Gasteiger partial charge < -0.3 is 10.4 Å². The second-order valence-corrected chi connectivity index (χ2v) is 2.65. The summed E-state index contributed by atoms with van der Waals surface area (Å²) in [6.45, 7) is 0. The van der Waals surface area contributed by atoms with Crippen molar-refractivity contribution in [3.63, 3.8) is 0 Å². The summed E-state index contributed by atoms with van der Waals surface area (Å²) in [6.07, 6.45) is 7.16. The lowest BCUT2D eigenvalue weighted by molar-refractivity contribution is -0.138. The molecule has 0 aromatic carbocycles. The van der Waals surface area contributed by atoms with Gasteiger partial charge in [-0.05, 0) is 25.4 Å². The molecule has 0 bridgehead atoms. The first-order chi connectivity index (χ1) is 5.68. The van der Waals surface area contributed by atoms with Crippen LogP contribution in [0.4, 0.5) is 0 Å². The van der Waals surface area contributed by atoms with Crippen molar-refractivity contribution in [2.24, 2.45) is 0 Å². The van der Waals surface area contributed by atoms with Gasteiger partial charge in [0.05, 0.1) is 6.42 Å². The highest BCUT2D eigenvalue weighted by Crippen LogP contribution is 2.11. The Labute approximate surface area is 71.0 Å². The molecule has 0 saturated carbocycles. The lowest BCUT2D eigenvalue weighted by atomic mass is 10.0. The maximum Gasteiger partial charge on any atom is 0.307 e. The van der Waals surface area contributed by atoms with Gasteiger partial charge in [-0.25, -0.2) is 0 Å². The number of aliphatic carboxylic acids is 1. The molecule has 3 N–H and O–H groups in total. The van der Waals surface area contributed by atoms with Crippen LogP contribution in [0, 0.1) is 0 Å². The fourth-order valence-corrected chi connectivity index (χ4v) is 1.11. The molecular weight excluding hydrogens is 156 g/mol. The van der Waals surface area contributed by atoms with Crippen molar-refractivity contribution in [2.75, 3.05) is 7.05 Å². The molecule has 1 atom stereocenters.